The second-order valence-electron chi connectivity index (χ2n) is 7.02. The highest BCUT2D eigenvalue weighted by atomic mass is 16.5. The van der Waals surface area contributed by atoms with Crippen molar-refractivity contribution in [1.29, 1.82) is 0 Å². The number of carbonyl (C=O) groups excluding carboxylic acids is 1. The van der Waals surface area contributed by atoms with Crippen molar-refractivity contribution in [3.63, 3.8) is 0 Å². The smallest absolute Gasteiger partial charge is 0.312 e. The normalized spacial score (nSPS) is 22.7. The van der Waals surface area contributed by atoms with Gasteiger partial charge in [0.1, 0.15) is 5.60 Å². The number of aliphatic imine (C=N–C) groups is 1. The lowest BCUT2D eigenvalue weighted by Crippen LogP contribution is -2.48. The average molecular weight is 293 g/mol. The van der Waals surface area contributed by atoms with Gasteiger partial charge >= 0.3 is 6.03 Å². The monoisotopic (exact) mass is 293 g/mol. The van der Waals surface area contributed by atoms with Crippen LogP contribution in [-0.4, -0.2) is 30.5 Å². The molecule has 21 heavy (non-hydrogen) atoms. The zero-order chi connectivity index (χ0) is 16.3. The Morgan fingerprint density at radius 2 is 2.05 bits per heavy atom. The summed E-state index contributed by atoms with van der Waals surface area (Å²) in [6, 6.07) is -0.511. The minimum atomic E-state index is -0.511. The molecule has 1 aliphatic heterocycles. The first-order valence-corrected chi connectivity index (χ1v) is 7.07. The lowest BCUT2D eigenvalue weighted by molar-refractivity contribution is 0.0890. The Balaban J connectivity index is 3.03. The van der Waals surface area contributed by atoms with Gasteiger partial charge in [-0.1, -0.05) is 13.8 Å². The van der Waals surface area contributed by atoms with E-state index in [0.29, 0.717) is 0 Å². The molecule has 118 valence electrons. The molecule has 0 aromatic rings. The fourth-order valence-electron chi connectivity index (χ4n) is 2.79. The summed E-state index contributed by atoms with van der Waals surface area (Å²) in [5, 5.41) is 2.78. The third-order valence-electron chi connectivity index (χ3n) is 3.71. The second kappa shape index (κ2) is 6.02. The molecule has 1 unspecified atom stereocenters. The number of amides is 2. The molecule has 1 aliphatic rings. The Labute approximate surface area is 127 Å². The van der Waals surface area contributed by atoms with Crippen LogP contribution in [0.15, 0.2) is 28.9 Å². The topological polar surface area (TPSA) is 76.7 Å². The molecule has 0 spiro atoms. The van der Waals surface area contributed by atoms with Gasteiger partial charge in [0, 0.05) is 25.1 Å². The number of allylic oxidation sites excluding steroid dienone is 1. The number of carbonyl (C=O) groups is 1. The van der Waals surface area contributed by atoms with Crippen molar-refractivity contribution in [2.24, 2.45) is 16.1 Å². The average Bonchev–Trinajstić information content (AvgIpc) is 2.49. The van der Waals surface area contributed by atoms with Gasteiger partial charge in [0.05, 0.1) is 0 Å². The molecule has 5 nitrogen and oxygen atoms in total. The molecule has 0 bridgehead atoms. The largest absolute Gasteiger partial charge is 0.370 e. The van der Waals surface area contributed by atoms with Gasteiger partial charge in [0.2, 0.25) is 0 Å². The number of urea groups is 1. The fraction of sp³-hybridized carbons (Fsp3) is 0.625. The Hall–Kier alpha value is -1.62. The van der Waals surface area contributed by atoms with E-state index in [1.807, 2.05) is 33.1 Å². The zero-order valence-corrected chi connectivity index (χ0v) is 13.9. The summed E-state index contributed by atoms with van der Waals surface area (Å²) < 4.78 is 5.55. The predicted octanol–water partition coefficient (Wildman–Crippen LogP) is 2.78. The lowest BCUT2D eigenvalue weighted by atomic mass is 9.74. The Morgan fingerprint density at radius 3 is 2.57 bits per heavy atom. The summed E-state index contributed by atoms with van der Waals surface area (Å²) >= 11 is 0. The van der Waals surface area contributed by atoms with Gasteiger partial charge in [-0.05, 0) is 50.3 Å². The molecule has 2 amide bonds. The molecule has 1 atom stereocenters. The third-order valence-corrected chi connectivity index (χ3v) is 3.71. The van der Waals surface area contributed by atoms with E-state index < -0.39 is 17.2 Å². The van der Waals surface area contributed by atoms with E-state index >= 15 is 0 Å². The second-order valence-corrected chi connectivity index (χ2v) is 7.02. The van der Waals surface area contributed by atoms with E-state index in [0.717, 1.165) is 12.0 Å². The minimum Gasteiger partial charge on any atom is -0.370 e. The standard InChI is InChI=1S/C16H27N3O2/c1-14(2,11-15(3,4)19-13(17)20)12-9-16(5,21-6)7-8-18-10-12/h7-10H,11H2,1-6H3,(H3,17,19,20). The van der Waals surface area contributed by atoms with Crippen LogP contribution in [0.25, 0.3) is 0 Å². The highest BCUT2D eigenvalue weighted by Crippen LogP contribution is 2.36. The van der Waals surface area contributed by atoms with Gasteiger partial charge in [0.25, 0.3) is 0 Å². The molecule has 0 aromatic carbocycles. The van der Waals surface area contributed by atoms with Crippen molar-refractivity contribution in [3.8, 4) is 0 Å². The summed E-state index contributed by atoms with van der Waals surface area (Å²) in [4.78, 5) is 15.4. The first-order valence-electron chi connectivity index (χ1n) is 7.07. The van der Waals surface area contributed by atoms with E-state index in [1.54, 1.807) is 13.3 Å². The summed E-state index contributed by atoms with van der Waals surface area (Å²) in [6.45, 7) is 10.2. The summed E-state index contributed by atoms with van der Waals surface area (Å²) in [5.41, 5.74) is 5.23. The van der Waals surface area contributed by atoms with Gasteiger partial charge in [-0.3, -0.25) is 4.99 Å². The van der Waals surface area contributed by atoms with Crippen LogP contribution in [0.2, 0.25) is 0 Å². The molecule has 0 aromatic heterocycles. The van der Waals surface area contributed by atoms with Gasteiger partial charge < -0.3 is 15.8 Å². The Morgan fingerprint density at radius 1 is 1.43 bits per heavy atom. The van der Waals surface area contributed by atoms with Crippen molar-refractivity contribution in [1.82, 2.24) is 5.32 Å². The molecule has 0 saturated carbocycles. The molecule has 0 aliphatic carbocycles. The minimum absolute atomic E-state index is 0.193. The van der Waals surface area contributed by atoms with Crippen LogP contribution in [0.1, 0.15) is 41.0 Å². The number of hydrogen-bond acceptors (Lipinski definition) is 3. The van der Waals surface area contributed by atoms with Gasteiger partial charge in [-0.2, -0.15) is 0 Å². The molecule has 1 heterocycles. The van der Waals surface area contributed by atoms with Crippen molar-refractivity contribution >= 4 is 12.2 Å². The quantitative estimate of drug-likeness (QED) is 0.817. The van der Waals surface area contributed by atoms with Crippen molar-refractivity contribution in [2.45, 2.75) is 52.2 Å². The summed E-state index contributed by atoms with van der Waals surface area (Å²) in [6.07, 6.45) is 8.30. The Bertz CT molecular complexity index is 490. The lowest BCUT2D eigenvalue weighted by Gasteiger charge is -2.36. The first kappa shape index (κ1) is 17.4. The Kier molecular flexibility index (Phi) is 4.99. The maximum Gasteiger partial charge on any atom is 0.312 e. The summed E-state index contributed by atoms with van der Waals surface area (Å²) in [5.74, 6) is 0. The number of nitrogens with zero attached hydrogens (tertiary/aromatic N) is 1. The number of nitrogens with one attached hydrogen (secondary N) is 1. The van der Waals surface area contributed by atoms with E-state index in [2.05, 4.69) is 30.2 Å². The van der Waals surface area contributed by atoms with Crippen LogP contribution in [0.4, 0.5) is 4.79 Å². The predicted molar refractivity (Wildman–Crippen MR) is 86.3 cm³/mol. The van der Waals surface area contributed by atoms with Crippen LogP contribution in [0, 0.1) is 5.41 Å². The number of rotatable bonds is 5. The van der Waals surface area contributed by atoms with Crippen molar-refractivity contribution in [2.75, 3.05) is 7.11 Å². The van der Waals surface area contributed by atoms with Crippen LogP contribution >= 0.6 is 0 Å². The highest BCUT2D eigenvalue weighted by molar-refractivity contribution is 5.82. The molecule has 1 rings (SSSR count). The van der Waals surface area contributed by atoms with Crippen molar-refractivity contribution < 1.29 is 9.53 Å². The molecule has 0 saturated heterocycles. The number of methoxy groups -OCH3 is 1. The molecule has 0 radical (unpaired) electrons. The number of nitrogens with two attached hydrogens (primary N) is 1. The van der Waals surface area contributed by atoms with Crippen LogP contribution in [0.5, 0.6) is 0 Å². The number of hydrogen-bond donors (Lipinski definition) is 2. The van der Waals surface area contributed by atoms with Crippen molar-refractivity contribution in [3.05, 3.63) is 23.9 Å². The third kappa shape index (κ3) is 5.01. The summed E-state index contributed by atoms with van der Waals surface area (Å²) in [7, 11) is 1.68. The molecule has 5 heteroatoms. The zero-order valence-electron chi connectivity index (χ0n) is 13.9. The first-order chi connectivity index (χ1) is 9.50. The van der Waals surface area contributed by atoms with Crippen LogP contribution in [0.3, 0.4) is 0 Å². The molecule has 3 N–H and O–H groups in total. The van der Waals surface area contributed by atoms with E-state index in [-0.39, 0.29) is 5.41 Å². The van der Waals surface area contributed by atoms with Crippen LogP contribution in [-0.2, 0) is 4.74 Å². The van der Waals surface area contributed by atoms with Crippen LogP contribution < -0.4 is 11.1 Å². The fourth-order valence-corrected chi connectivity index (χ4v) is 2.79. The van der Waals surface area contributed by atoms with E-state index in [4.69, 9.17) is 10.5 Å². The van der Waals surface area contributed by atoms with Gasteiger partial charge in [-0.15, -0.1) is 0 Å². The van der Waals surface area contributed by atoms with Gasteiger partial charge in [0.15, 0.2) is 0 Å². The number of primary amides is 1. The molecular weight excluding hydrogens is 266 g/mol. The van der Waals surface area contributed by atoms with E-state index in [9.17, 15) is 4.79 Å². The SMILES string of the molecule is COC1(C)C=CN=CC(C(C)(C)CC(C)(C)NC(N)=O)=C1. The van der Waals surface area contributed by atoms with E-state index in [1.165, 1.54) is 0 Å². The maximum atomic E-state index is 11.1. The molecule has 0 fully saturated rings. The molecular formula is C16H27N3O2. The number of ether oxygens (including phenoxy) is 1. The van der Waals surface area contributed by atoms with Gasteiger partial charge in [-0.25, -0.2) is 4.79 Å². The highest BCUT2D eigenvalue weighted by Gasteiger charge is 2.34. The maximum absolute atomic E-state index is 11.1.